The average Bonchev–Trinajstić information content (AvgIpc) is 2.80. The maximum absolute atomic E-state index is 12.5. The van der Waals surface area contributed by atoms with Gasteiger partial charge >= 0.3 is 0 Å². The van der Waals surface area contributed by atoms with Crippen molar-refractivity contribution in [2.45, 2.75) is 4.90 Å². The number of amides is 1. The van der Waals surface area contributed by atoms with Gasteiger partial charge < -0.3 is 14.8 Å². The number of rotatable bonds is 6. The summed E-state index contributed by atoms with van der Waals surface area (Å²) in [4.78, 5) is 12.6. The van der Waals surface area contributed by atoms with Crippen molar-refractivity contribution in [3.8, 4) is 11.5 Å². The van der Waals surface area contributed by atoms with Crippen LogP contribution in [0.25, 0.3) is 6.08 Å². The van der Waals surface area contributed by atoms with Crippen LogP contribution in [0.5, 0.6) is 11.5 Å². The lowest BCUT2D eigenvalue weighted by molar-refractivity contribution is 0.102. The van der Waals surface area contributed by atoms with E-state index in [4.69, 9.17) is 9.47 Å². The number of hydrogen-bond donors (Lipinski definition) is 2. The highest BCUT2D eigenvalue weighted by Crippen LogP contribution is 2.32. The molecule has 0 saturated heterocycles. The fraction of sp³-hybridized carbons (Fsp3) is 0.0870. The molecule has 2 N–H and O–H groups in total. The topological polar surface area (TPSA) is 93.7 Å². The molecule has 1 aliphatic rings. The van der Waals surface area contributed by atoms with E-state index in [9.17, 15) is 13.2 Å². The summed E-state index contributed by atoms with van der Waals surface area (Å²) in [6.07, 6.45) is 3.03. The Labute approximate surface area is 180 Å². The molecule has 3 aromatic rings. The van der Waals surface area contributed by atoms with Crippen LogP contribution in [0, 0.1) is 0 Å². The molecule has 0 unspecified atom stereocenters. The van der Waals surface area contributed by atoms with Crippen molar-refractivity contribution in [1.82, 2.24) is 4.72 Å². The summed E-state index contributed by atoms with van der Waals surface area (Å²) < 4.78 is 38.3. The molecule has 0 fully saturated rings. The monoisotopic (exact) mass is 436 g/mol. The van der Waals surface area contributed by atoms with Crippen molar-refractivity contribution in [2.24, 2.45) is 0 Å². The zero-order chi connectivity index (χ0) is 21.7. The Morgan fingerprint density at radius 3 is 2.32 bits per heavy atom. The Balaban J connectivity index is 1.41. The third-order valence-corrected chi connectivity index (χ3v) is 5.86. The highest BCUT2D eigenvalue weighted by Gasteiger charge is 2.15. The van der Waals surface area contributed by atoms with Crippen molar-refractivity contribution in [2.75, 3.05) is 18.5 Å². The highest BCUT2D eigenvalue weighted by molar-refractivity contribution is 7.89. The molecule has 0 saturated carbocycles. The van der Waals surface area contributed by atoms with Gasteiger partial charge in [-0.05, 0) is 48.0 Å². The summed E-state index contributed by atoms with van der Waals surface area (Å²) in [5.74, 6) is 0.838. The molecular formula is C23H20N2O5S. The summed E-state index contributed by atoms with van der Waals surface area (Å²) in [6.45, 7) is 0.944. The van der Waals surface area contributed by atoms with Crippen LogP contribution in [0.4, 0.5) is 5.69 Å². The maximum Gasteiger partial charge on any atom is 0.261 e. The molecule has 0 aromatic heterocycles. The van der Waals surface area contributed by atoms with E-state index in [1.165, 1.54) is 30.5 Å². The Morgan fingerprint density at radius 2 is 1.58 bits per heavy atom. The van der Waals surface area contributed by atoms with Gasteiger partial charge in [-0.1, -0.05) is 30.3 Å². The van der Waals surface area contributed by atoms with Crippen molar-refractivity contribution in [3.05, 3.63) is 90.1 Å². The van der Waals surface area contributed by atoms with Gasteiger partial charge in [-0.25, -0.2) is 8.42 Å². The third kappa shape index (κ3) is 5.04. The van der Waals surface area contributed by atoms with Crippen molar-refractivity contribution in [1.29, 1.82) is 0 Å². The largest absolute Gasteiger partial charge is 0.486 e. The molecule has 4 rings (SSSR count). The zero-order valence-electron chi connectivity index (χ0n) is 16.4. The van der Waals surface area contributed by atoms with Gasteiger partial charge in [-0.2, -0.15) is 0 Å². The summed E-state index contributed by atoms with van der Waals surface area (Å²) >= 11 is 0. The number of benzene rings is 3. The van der Waals surface area contributed by atoms with E-state index in [2.05, 4.69) is 10.0 Å². The molecule has 0 radical (unpaired) electrons. The zero-order valence-corrected chi connectivity index (χ0v) is 17.3. The molecule has 1 amide bonds. The molecule has 0 spiro atoms. The molecule has 7 nitrogen and oxygen atoms in total. The first kappa shape index (κ1) is 20.5. The van der Waals surface area contributed by atoms with Gasteiger partial charge in [-0.3, -0.25) is 9.52 Å². The standard InChI is InChI=1S/C23H20N2O5S/c26-23(25-19-8-11-21-22(16-19)30-15-14-29-21)18-6-9-20(10-7-18)31(27,28)24-13-12-17-4-2-1-3-5-17/h1-13,16,24H,14-15H2,(H,25,26). The first-order valence-electron chi connectivity index (χ1n) is 9.56. The second-order valence-electron chi connectivity index (χ2n) is 6.70. The fourth-order valence-electron chi connectivity index (χ4n) is 2.96. The normalized spacial score (nSPS) is 13.0. The summed E-state index contributed by atoms with van der Waals surface area (Å²) in [7, 11) is -3.74. The van der Waals surface area contributed by atoms with Gasteiger partial charge in [0.25, 0.3) is 15.9 Å². The molecule has 3 aromatic carbocycles. The average molecular weight is 436 g/mol. The van der Waals surface area contributed by atoms with Crippen molar-refractivity contribution < 1.29 is 22.7 Å². The number of hydrogen-bond acceptors (Lipinski definition) is 5. The number of sulfonamides is 1. The SMILES string of the molecule is O=C(Nc1ccc2c(c1)OCCO2)c1ccc(S(=O)(=O)NC=Cc2ccccc2)cc1. The lowest BCUT2D eigenvalue weighted by Crippen LogP contribution is -2.18. The van der Waals surface area contributed by atoms with Crippen LogP contribution in [-0.4, -0.2) is 27.5 Å². The molecule has 1 heterocycles. The number of nitrogens with one attached hydrogen (secondary N) is 2. The van der Waals surface area contributed by atoms with E-state index in [1.54, 1.807) is 24.3 Å². The van der Waals surface area contributed by atoms with Gasteiger partial charge in [0.05, 0.1) is 4.90 Å². The Morgan fingerprint density at radius 1 is 0.871 bits per heavy atom. The molecule has 158 valence electrons. The highest BCUT2D eigenvalue weighted by atomic mass is 32.2. The predicted octanol–water partition coefficient (Wildman–Crippen LogP) is 3.66. The van der Waals surface area contributed by atoms with Gasteiger partial charge in [-0.15, -0.1) is 0 Å². The quantitative estimate of drug-likeness (QED) is 0.615. The number of carbonyl (C=O) groups excluding carboxylic acids is 1. The Bertz CT molecular complexity index is 1210. The number of ether oxygens (including phenoxy) is 2. The maximum atomic E-state index is 12.5. The van der Waals surface area contributed by atoms with Crippen LogP contribution >= 0.6 is 0 Å². The van der Waals surface area contributed by atoms with Crippen LogP contribution in [-0.2, 0) is 10.0 Å². The minimum Gasteiger partial charge on any atom is -0.486 e. The van der Waals surface area contributed by atoms with Gasteiger partial charge in [0.2, 0.25) is 0 Å². The first-order valence-corrected chi connectivity index (χ1v) is 11.0. The van der Waals surface area contributed by atoms with E-state index in [-0.39, 0.29) is 10.8 Å². The van der Waals surface area contributed by atoms with Crippen LogP contribution < -0.4 is 19.5 Å². The summed E-state index contributed by atoms with van der Waals surface area (Å²) in [6, 6.07) is 20.2. The molecule has 1 aliphatic heterocycles. The van der Waals surface area contributed by atoms with Crippen LogP contribution in [0.1, 0.15) is 15.9 Å². The van der Waals surface area contributed by atoms with Crippen molar-refractivity contribution >= 4 is 27.7 Å². The fourth-order valence-corrected chi connectivity index (χ4v) is 3.84. The van der Waals surface area contributed by atoms with E-state index < -0.39 is 10.0 Å². The van der Waals surface area contributed by atoms with Crippen molar-refractivity contribution in [3.63, 3.8) is 0 Å². The molecule has 31 heavy (non-hydrogen) atoms. The van der Waals surface area contributed by atoms with E-state index in [0.717, 1.165) is 5.56 Å². The second-order valence-corrected chi connectivity index (χ2v) is 8.42. The molecule has 0 aliphatic carbocycles. The first-order chi connectivity index (χ1) is 15.0. The minimum absolute atomic E-state index is 0.0566. The van der Waals surface area contributed by atoms with E-state index in [0.29, 0.717) is 36.0 Å². The Kier molecular flexibility index (Phi) is 5.90. The summed E-state index contributed by atoms with van der Waals surface area (Å²) in [5, 5.41) is 2.77. The summed E-state index contributed by atoms with van der Waals surface area (Å²) in [5.41, 5.74) is 1.75. The third-order valence-electron chi connectivity index (χ3n) is 4.53. The van der Waals surface area contributed by atoms with E-state index >= 15 is 0 Å². The van der Waals surface area contributed by atoms with Gasteiger partial charge in [0, 0.05) is 23.5 Å². The van der Waals surface area contributed by atoms with E-state index in [1.807, 2.05) is 30.3 Å². The van der Waals surface area contributed by atoms with Gasteiger partial charge in [0.15, 0.2) is 11.5 Å². The smallest absolute Gasteiger partial charge is 0.261 e. The predicted molar refractivity (Wildman–Crippen MR) is 118 cm³/mol. The molecule has 0 bridgehead atoms. The van der Waals surface area contributed by atoms with Crippen LogP contribution in [0.2, 0.25) is 0 Å². The second kappa shape index (κ2) is 8.93. The minimum atomic E-state index is -3.74. The lowest BCUT2D eigenvalue weighted by atomic mass is 10.2. The Hall–Kier alpha value is -3.78. The number of anilines is 1. The van der Waals surface area contributed by atoms with Crippen LogP contribution in [0.15, 0.2) is 83.9 Å². The molecule has 8 heteroatoms. The van der Waals surface area contributed by atoms with Gasteiger partial charge in [0.1, 0.15) is 13.2 Å². The molecular weight excluding hydrogens is 416 g/mol. The number of fused-ring (bicyclic) bond motifs is 1. The van der Waals surface area contributed by atoms with Crippen LogP contribution in [0.3, 0.4) is 0 Å². The molecule has 0 atom stereocenters. The number of carbonyl (C=O) groups is 1. The lowest BCUT2D eigenvalue weighted by Gasteiger charge is -2.19.